The molecule has 0 amide bonds. The summed E-state index contributed by atoms with van der Waals surface area (Å²) < 4.78 is 0. The average Bonchev–Trinajstić information content (AvgIpc) is 2.80. The number of hydrogen-bond acceptors (Lipinski definition) is 4. The summed E-state index contributed by atoms with van der Waals surface area (Å²) in [5.41, 5.74) is 0. The van der Waals surface area contributed by atoms with Gasteiger partial charge in [-0.05, 0) is 25.6 Å². The summed E-state index contributed by atoms with van der Waals surface area (Å²) in [4.78, 5) is 4.37. The molecule has 4 heteroatoms. The normalized spacial score (nSPS) is 23.9. The SMILES string of the molecule is CNC(Cc1nccs1)C1CCCCS1. The molecule has 0 saturated carbocycles. The molecule has 1 saturated heterocycles. The average molecular weight is 242 g/mol. The van der Waals surface area contributed by atoms with E-state index in [1.807, 2.05) is 6.20 Å². The van der Waals surface area contributed by atoms with Crippen LogP contribution in [0.3, 0.4) is 0 Å². The van der Waals surface area contributed by atoms with Crippen molar-refractivity contribution in [3.8, 4) is 0 Å². The van der Waals surface area contributed by atoms with Crippen LogP contribution in [-0.2, 0) is 6.42 Å². The Labute approximate surface area is 99.9 Å². The number of nitrogens with one attached hydrogen (secondary N) is 1. The van der Waals surface area contributed by atoms with E-state index in [4.69, 9.17) is 0 Å². The van der Waals surface area contributed by atoms with E-state index in [9.17, 15) is 0 Å². The lowest BCUT2D eigenvalue weighted by Gasteiger charge is -2.29. The fourth-order valence-electron chi connectivity index (χ4n) is 2.04. The third-order valence-corrected chi connectivity index (χ3v) is 5.23. The molecule has 1 fully saturated rings. The highest BCUT2D eigenvalue weighted by molar-refractivity contribution is 8.00. The first-order chi connectivity index (χ1) is 7.40. The van der Waals surface area contributed by atoms with Crippen molar-refractivity contribution in [2.24, 2.45) is 0 Å². The Morgan fingerprint density at radius 1 is 1.60 bits per heavy atom. The molecular weight excluding hydrogens is 224 g/mol. The lowest BCUT2D eigenvalue weighted by molar-refractivity contribution is 0.494. The van der Waals surface area contributed by atoms with Crippen molar-refractivity contribution in [2.75, 3.05) is 12.8 Å². The van der Waals surface area contributed by atoms with E-state index in [1.165, 1.54) is 30.0 Å². The third kappa shape index (κ3) is 3.20. The number of thiazole rings is 1. The molecule has 0 radical (unpaired) electrons. The first-order valence-electron chi connectivity index (χ1n) is 5.57. The van der Waals surface area contributed by atoms with Crippen LogP contribution >= 0.6 is 23.1 Å². The van der Waals surface area contributed by atoms with Crippen molar-refractivity contribution >= 4 is 23.1 Å². The summed E-state index contributed by atoms with van der Waals surface area (Å²) >= 11 is 3.90. The number of rotatable bonds is 4. The standard InChI is InChI=1S/C11H18N2S2/c1-12-9(8-11-13-5-7-15-11)10-4-2-3-6-14-10/h5,7,9-10,12H,2-4,6,8H2,1H3. The minimum atomic E-state index is 0.599. The maximum absolute atomic E-state index is 4.37. The molecule has 1 aliphatic rings. The Morgan fingerprint density at radius 3 is 3.13 bits per heavy atom. The van der Waals surface area contributed by atoms with E-state index in [2.05, 4.69) is 34.5 Å². The summed E-state index contributed by atoms with van der Waals surface area (Å²) in [6, 6.07) is 0.599. The van der Waals surface area contributed by atoms with Gasteiger partial charge in [-0.25, -0.2) is 4.98 Å². The van der Waals surface area contributed by atoms with Crippen LogP contribution in [0.15, 0.2) is 11.6 Å². The van der Waals surface area contributed by atoms with Gasteiger partial charge in [0.05, 0.1) is 5.01 Å². The Bertz CT molecular complexity index is 268. The second-order valence-corrected chi connectivity index (χ2v) is 6.26. The molecule has 2 unspecified atom stereocenters. The lowest BCUT2D eigenvalue weighted by atomic mass is 10.0. The van der Waals surface area contributed by atoms with Crippen LogP contribution in [0, 0.1) is 0 Å². The van der Waals surface area contributed by atoms with Gasteiger partial charge in [0.15, 0.2) is 0 Å². The zero-order valence-corrected chi connectivity index (χ0v) is 10.7. The maximum atomic E-state index is 4.37. The van der Waals surface area contributed by atoms with Gasteiger partial charge >= 0.3 is 0 Å². The maximum Gasteiger partial charge on any atom is 0.0940 e. The van der Waals surface area contributed by atoms with Crippen molar-refractivity contribution in [3.63, 3.8) is 0 Å². The van der Waals surface area contributed by atoms with Crippen LogP contribution in [0.2, 0.25) is 0 Å². The van der Waals surface area contributed by atoms with Crippen molar-refractivity contribution in [3.05, 3.63) is 16.6 Å². The van der Waals surface area contributed by atoms with Gasteiger partial charge < -0.3 is 5.32 Å². The Morgan fingerprint density at radius 2 is 2.53 bits per heavy atom. The molecule has 1 aliphatic heterocycles. The first-order valence-corrected chi connectivity index (χ1v) is 7.50. The molecule has 0 bridgehead atoms. The van der Waals surface area contributed by atoms with Gasteiger partial charge in [0.2, 0.25) is 0 Å². The van der Waals surface area contributed by atoms with Gasteiger partial charge in [0.25, 0.3) is 0 Å². The van der Waals surface area contributed by atoms with Crippen LogP contribution in [0.1, 0.15) is 24.3 Å². The molecule has 15 heavy (non-hydrogen) atoms. The van der Waals surface area contributed by atoms with Crippen LogP contribution in [0.5, 0.6) is 0 Å². The minimum Gasteiger partial charge on any atom is -0.315 e. The molecule has 1 N–H and O–H groups in total. The monoisotopic (exact) mass is 242 g/mol. The third-order valence-electron chi connectivity index (χ3n) is 2.91. The number of nitrogens with zero attached hydrogens (tertiary/aromatic N) is 1. The highest BCUT2D eigenvalue weighted by atomic mass is 32.2. The minimum absolute atomic E-state index is 0.599. The van der Waals surface area contributed by atoms with Gasteiger partial charge in [0.1, 0.15) is 0 Å². The molecule has 1 aromatic heterocycles. The van der Waals surface area contributed by atoms with Crippen LogP contribution in [0.25, 0.3) is 0 Å². The second-order valence-electron chi connectivity index (χ2n) is 3.93. The second kappa shape index (κ2) is 5.87. The Hall–Kier alpha value is -0.0600. The van der Waals surface area contributed by atoms with Gasteiger partial charge in [-0.15, -0.1) is 11.3 Å². The molecule has 2 nitrogen and oxygen atoms in total. The lowest BCUT2D eigenvalue weighted by Crippen LogP contribution is -2.38. The predicted octanol–water partition coefficient (Wildman–Crippen LogP) is 2.56. The zero-order chi connectivity index (χ0) is 10.5. The zero-order valence-electron chi connectivity index (χ0n) is 9.11. The number of hydrogen-bond donors (Lipinski definition) is 1. The van der Waals surface area contributed by atoms with Crippen molar-refractivity contribution in [2.45, 2.75) is 37.0 Å². The summed E-state index contributed by atoms with van der Waals surface area (Å²) in [6.45, 7) is 0. The molecule has 0 spiro atoms. The summed E-state index contributed by atoms with van der Waals surface area (Å²) in [5, 5.41) is 7.57. The molecule has 2 heterocycles. The van der Waals surface area contributed by atoms with E-state index in [0.717, 1.165) is 11.7 Å². The van der Waals surface area contributed by atoms with Crippen LogP contribution in [0.4, 0.5) is 0 Å². The van der Waals surface area contributed by atoms with Crippen LogP contribution in [-0.4, -0.2) is 29.1 Å². The van der Waals surface area contributed by atoms with E-state index in [0.29, 0.717) is 6.04 Å². The van der Waals surface area contributed by atoms with Crippen molar-refractivity contribution in [1.82, 2.24) is 10.3 Å². The first kappa shape index (κ1) is 11.4. The summed E-state index contributed by atoms with van der Waals surface area (Å²) in [5.74, 6) is 1.33. The highest BCUT2D eigenvalue weighted by Gasteiger charge is 2.23. The van der Waals surface area contributed by atoms with Gasteiger partial charge in [-0.3, -0.25) is 0 Å². The molecule has 0 aromatic carbocycles. The molecule has 2 atom stereocenters. The van der Waals surface area contributed by atoms with Crippen LogP contribution < -0.4 is 5.32 Å². The molecule has 2 rings (SSSR count). The Balaban J connectivity index is 1.91. The topological polar surface area (TPSA) is 24.9 Å². The predicted molar refractivity (Wildman–Crippen MR) is 68.8 cm³/mol. The van der Waals surface area contributed by atoms with E-state index >= 15 is 0 Å². The molecule has 1 aromatic rings. The molecular formula is C11H18N2S2. The smallest absolute Gasteiger partial charge is 0.0940 e. The fourth-order valence-corrected chi connectivity index (χ4v) is 4.19. The van der Waals surface area contributed by atoms with Gasteiger partial charge in [-0.1, -0.05) is 6.42 Å². The highest BCUT2D eigenvalue weighted by Crippen LogP contribution is 2.29. The van der Waals surface area contributed by atoms with E-state index in [-0.39, 0.29) is 0 Å². The number of likely N-dealkylation sites (N-methyl/N-ethyl adjacent to an activating group) is 1. The van der Waals surface area contributed by atoms with E-state index < -0.39 is 0 Å². The largest absolute Gasteiger partial charge is 0.315 e. The van der Waals surface area contributed by atoms with Crippen molar-refractivity contribution in [1.29, 1.82) is 0 Å². The fraction of sp³-hybridized carbons (Fsp3) is 0.727. The quantitative estimate of drug-likeness (QED) is 0.878. The number of thioether (sulfide) groups is 1. The number of aromatic nitrogens is 1. The Kier molecular flexibility index (Phi) is 4.47. The summed E-state index contributed by atoms with van der Waals surface area (Å²) in [7, 11) is 2.08. The van der Waals surface area contributed by atoms with E-state index in [1.54, 1.807) is 11.3 Å². The van der Waals surface area contributed by atoms with Gasteiger partial charge in [0, 0.05) is 29.3 Å². The summed E-state index contributed by atoms with van der Waals surface area (Å²) in [6.07, 6.45) is 7.15. The van der Waals surface area contributed by atoms with Gasteiger partial charge in [-0.2, -0.15) is 11.8 Å². The molecule has 0 aliphatic carbocycles. The molecule has 84 valence electrons. The van der Waals surface area contributed by atoms with Crippen molar-refractivity contribution < 1.29 is 0 Å².